The lowest BCUT2D eigenvalue weighted by atomic mass is 9.93. The summed E-state index contributed by atoms with van der Waals surface area (Å²) in [6, 6.07) is -0.739. The van der Waals surface area contributed by atoms with E-state index < -0.39 is 183 Å². The standard InChI is InChI=1S/C48H76N4O25S/c1-5-6-7-8-9-10-11-12-13-18-69-27-16-14-26(15-17-27)44(64)52-33-37(60)36(59)28(19-53)72-46(33)75-41-29(20-54)73-47(34(39(41)62)50-24(3)57)76-42-30(21-55)74-48(35(40(42)63)51-25(4)58)77-43-31(22-70-78(66,67)68)71-45(65)32(38(43)61)49-23(2)56/h10-11,14-17,28-43,45-48,53-55,59-63,65H,5-9,12-13,18-22H2,1-4H3,(H,49,56)(H,50,57)(H,51,58)(H,52,64)(H,66,67,68)/t28?,29-,30?,31-,32?,33?,34?,35?,36+,37+,38?,39?,40+,41+,42+,43+,45+,46-,47-,48-/m0/s1. The fourth-order valence-corrected chi connectivity index (χ4v) is 9.64. The largest absolute Gasteiger partial charge is 0.494 e. The molecule has 4 aliphatic heterocycles. The van der Waals surface area contributed by atoms with Crippen LogP contribution in [-0.2, 0) is 62.1 Å². The van der Waals surface area contributed by atoms with Crippen LogP contribution in [0.2, 0.25) is 0 Å². The SMILES string of the molecule is CCCCCCC=CCCCOc1ccc(C(=O)NC2[C@H](O[C@H]3C(O)C(NC(C)=O)[C@H](O[C@@H]4C(CO)O[C@@H](O[C@H]5C(O)C(NC(C)=O)[C@H](O)O[C@H]5COS(=O)(=O)O)C(NC(C)=O)[C@H]4O)O[C@H]3CO)OC(CO)[C@@H](O)[C@@H]2O)cc1. The summed E-state index contributed by atoms with van der Waals surface area (Å²) in [7, 11) is -5.16. The average Bonchev–Trinajstić information content (AvgIpc) is 3.43. The molecule has 8 unspecified atom stereocenters. The Kier molecular flexibility index (Phi) is 25.4. The van der Waals surface area contributed by atoms with E-state index in [1.165, 1.54) is 31.4 Å². The van der Waals surface area contributed by atoms with Crippen molar-refractivity contribution in [1.82, 2.24) is 21.3 Å². The van der Waals surface area contributed by atoms with Crippen molar-refractivity contribution < 1.29 is 120 Å². The van der Waals surface area contributed by atoms with Crippen LogP contribution in [0.25, 0.3) is 0 Å². The van der Waals surface area contributed by atoms with Gasteiger partial charge in [0, 0.05) is 26.3 Å². The van der Waals surface area contributed by atoms with E-state index in [0.717, 1.165) is 46.5 Å². The van der Waals surface area contributed by atoms with E-state index in [-0.39, 0.29) is 5.56 Å². The number of hydrogen-bond donors (Lipinski definition) is 14. The van der Waals surface area contributed by atoms with Crippen molar-refractivity contribution in [3.63, 3.8) is 0 Å². The maximum absolute atomic E-state index is 13.7. The number of benzene rings is 1. The lowest BCUT2D eigenvalue weighted by molar-refractivity contribution is -0.361. The van der Waals surface area contributed by atoms with Crippen LogP contribution in [0, 0.1) is 0 Å². The number of carbonyl (C=O) groups excluding carboxylic acids is 4. The Hall–Kier alpha value is -4.13. The second kappa shape index (κ2) is 30.6. The third-order valence-corrected chi connectivity index (χ3v) is 13.7. The molecule has 4 saturated heterocycles. The number of amides is 4. The molecular formula is C48H76N4O25S. The van der Waals surface area contributed by atoms with E-state index >= 15 is 0 Å². The minimum atomic E-state index is -5.16. The number of ether oxygens (including phenoxy) is 8. The lowest BCUT2D eigenvalue weighted by Crippen LogP contribution is -2.71. The third kappa shape index (κ3) is 17.9. The number of allylic oxidation sites excluding steroid dienone is 2. The molecule has 4 amide bonds. The highest BCUT2D eigenvalue weighted by atomic mass is 32.3. The zero-order chi connectivity index (χ0) is 57.4. The summed E-state index contributed by atoms with van der Waals surface area (Å²) in [6.07, 6.45) is -17.8. The van der Waals surface area contributed by atoms with E-state index in [9.17, 15) is 78.1 Å². The van der Waals surface area contributed by atoms with Gasteiger partial charge in [0.2, 0.25) is 17.7 Å². The second-order valence-electron chi connectivity index (χ2n) is 19.2. The second-order valence-corrected chi connectivity index (χ2v) is 20.3. The van der Waals surface area contributed by atoms with E-state index in [4.69, 9.17) is 37.9 Å². The molecule has 5 rings (SSSR count). The zero-order valence-corrected chi connectivity index (χ0v) is 44.3. The van der Waals surface area contributed by atoms with Crippen LogP contribution in [0.5, 0.6) is 5.75 Å². The van der Waals surface area contributed by atoms with Crippen LogP contribution >= 0.6 is 0 Å². The van der Waals surface area contributed by atoms with Gasteiger partial charge in [0.05, 0.1) is 33.0 Å². The topological polar surface area (TPSA) is 436 Å². The number of aliphatic hydroxyl groups is 9. The average molecular weight is 1140 g/mol. The molecule has 78 heavy (non-hydrogen) atoms. The van der Waals surface area contributed by atoms with Gasteiger partial charge in [-0.05, 0) is 49.9 Å². The van der Waals surface area contributed by atoms with Crippen LogP contribution in [0.15, 0.2) is 36.4 Å². The summed E-state index contributed by atoms with van der Waals surface area (Å²) in [5, 5.41) is 109. The Bertz CT molecular complexity index is 2200. The quantitative estimate of drug-likeness (QED) is 0.0225. The molecule has 0 radical (unpaired) electrons. The molecule has 0 bridgehead atoms. The van der Waals surface area contributed by atoms with Gasteiger partial charge in [-0.25, -0.2) is 4.18 Å². The third-order valence-electron chi connectivity index (χ3n) is 13.2. The smallest absolute Gasteiger partial charge is 0.397 e. The molecule has 1 aromatic rings. The van der Waals surface area contributed by atoms with Crippen molar-refractivity contribution in [3.05, 3.63) is 42.0 Å². The predicted octanol–water partition coefficient (Wildman–Crippen LogP) is -4.37. The number of aliphatic hydroxyl groups excluding tert-OH is 9. The fraction of sp³-hybridized carbons (Fsp3) is 0.750. The first-order valence-electron chi connectivity index (χ1n) is 25.6. The Morgan fingerprint density at radius 2 is 1.01 bits per heavy atom. The summed E-state index contributed by atoms with van der Waals surface area (Å²) >= 11 is 0. The van der Waals surface area contributed by atoms with Gasteiger partial charge in [-0.3, -0.25) is 23.7 Å². The Balaban J connectivity index is 1.33. The van der Waals surface area contributed by atoms with Crippen LogP contribution < -0.4 is 26.0 Å². The van der Waals surface area contributed by atoms with E-state index in [2.05, 4.69) is 44.5 Å². The molecule has 30 heteroatoms. The molecule has 0 aromatic heterocycles. The van der Waals surface area contributed by atoms with E-state index in [1.54, 1.807) is 12.1 Å². The van der Waals surface area contributed by atoms with Crippen LogP contribution in [0.3, 0.4) is 0 Å². The van der Waals surface area contributed by atoms with Crippen molar-refractivity contribution in [3.8, 4) is 5.75 Å². The molecule has 4 heterocycles. The first kappa shape index (κ1) is 64.7. The van der Waals surface area contributed by atoms with Gasteiger partial charge in [0.1, 0.15) is 103 Å². The molecule has 0 aliphatic carbocycles. The number of rotatable bonds is 27. The number of carbonyl (C=O) groups is 4. The predicted molar refractivity (Wildman–Crippen MR) is 263 cm³/mol. The van der Waals surface area contributed by atoms with Gasteiger partial charge in [-0.1, -0.05) is 38.3 Å². The van der Waals surface area contributed by atoms with Gasteiger partial charge in [-0.15, -0.1) is 0 Å². The monoisotopic (exact) mass is 1140 g/mol. The van der Waals surface area contributed by atoms with Gasteiger partial charge in [0.15, 0.2) is 25.2 Å². The molecule has 4 aliphatic rings. The van der Waals surface area contributed by atoms with Crippen LogP contribution in [0.4, 0.5) is 0 Å². The highest BCUT2D eigenvalue weighted by molar-refractivity contribution is 7.80. The van der Waals surface area contributed by atoms with Crippen LogP contribution in [-0.4, -0.2) is 238 Å². The minimum Gasteiger partial charge on any atom is -0.494 e. The summed E-state index contributed by atoms with van der Waals surface area (Å²) < 4.78 is 83.8. The maximum atomic E-state index is 13.7. The summed E-state index contributed by atoms with van der Waals surface area (Å²) in [5.41, 5.74) is 0.0808. The molecule has 0 spiro atoms. The Labute approximate surface area is 450 Å². The molecule has 0 saturated carbocycles. The van der Waals surface area contributed by atoms with Gasteiger partial charge in [0.25, 0.3) is 5.91 Å². The highest BCUT2D eigenvalue weighted by Crippen LogP contribution is 2.35. The molecule has 29 nitrogen and oxygen atoms in total. The zero-order valence-electron chi connectivity index (χ0n) is 43.5. The first-order chi connectivity index (χ1) is 37.0. The molecule has 4 fully saturated rings. The van der Waals surface area contributed by atoms with Crippen molar-refractivity contribution >= 4 is 34.0 Å². The summed E-state index contributed by atoms with van der Waals surface area (Å²) in [4.78, 5) is 51.0. The fourth-order valence-electron chi connectivity index (χ4n) is 9.33. The number of unbranched alkanes of at least 4 members (excludes halogenated alkanes) is 5. The number of nitrogens with one attached hydrogen (secondary N) is 4. The molecule has 444 valence electrons. The lowest BCUT2D eigenvalue weighted by Gasteiger charge is -2.51. The van der Waals surface area contributed by atoms with Crippen molar-refractivity contribution in [1.29, 1.82) is 0 Å². The number of hydrogen-bond acceptors (Lipinski definition) is 24. The van der Waals surface area contributed by atoms with Crippen molar-refractivity contribution in [2.24, 2.45) is 0 Å². The normalized spacial score (nSPS) is 35.4. The first-order valence-corrected chi connectivity index (χ1v) is 27.0. The van der Waals surface area contributed by atoms with Crippen LogP contribution in [0.1, 0.15) is 83.0 Å². The van der Waals surface area contributed by atoms with Gasteiger partial charge >= 0.3 is 10.4 Å². The van der Waals surface area contributed by atoms with E-state index in [0.29, 0.717) is 12.4 Å². The van der Waals surface area contributed by atoms with Gasteiger partial charge in [-0.2, -0.15) is 8.42 Å². The van der Waals surface area contributed by atoms with Crippen molar-refractivity contribution in [2.45, 2.75) is 195 Å². The summed E-state index contributed by atoms with van der Waals surface area (Å²) in [6.45, 7) is 1.68. The summed E-state index contributed by atoms with van der Waals surface area (Å²) in [5.74, 6) is -2.72. The van der Waals surface area contributed by atoms with Crippen molar-refractivity contribution in [2.75, 3.05) is 33.0 Å². The maximum Gasteiger partial charge on any atom is 0.397 e. The Morgan fingerprint density at radius 3 is 1.49 bits per heavy atom. The Morgan fingerprint density at radius 1 is 0.564 bits per heavy atom. The highest BCUT2D eigenvalue weighted by Gasteiger charge is 2.56. The van der Waals surface area contributed by atoms with Gasteiger partial charge < -0.3 is 105 Å². The molecule has 1 aromatic carbocycles. The van der Waals surface area contributed by atoms with E-state index in [1.807, 2.05) is 0 Å². The minimum absolute atomic E-state index is 0.0808. The molecule has 20 atom stereocenters. The molecular weight excluding hydrogens is 1060 g/mol. The molecule has 14 N–H and O–H groups in total.